The van der Waals surface area contributed by atoms with Crippen LogP contribution in [-0.4, -0.2) is 48.9 Å². The summed E-state index contributed by atoms with van der Waals surface area (Å²) < 4.78 is 50.9. The van der Waals surface area contributed by atoms with Crippen molar-refractivity contribution < 1.29 is 31.9 Å². The molecule has 4 aromatic carbocycles. The van der Waals surface area contributed by atoms with Gasteiger partial charge in [-0.15, -0.1) is 0 Å². The Bertz CT molecular complexity index is 2170. The summed E-state index contributed by atoms with van der Waals surface area (Å²) >= 11 is 0. The molecule has 0 atom stereocenters. The highest BCUT2D eigenvalue weighted by Crippen LogP contribution is 2.30. The number of hydrogen-bond donors (Lipinski definition) is 1. The number of aromatic nitrogens is 2. The number of rotatable bonds is 16. The number of para-hydroxylation sites is 1. The Morgan fingerprint density at radius 2 is 1.55 bits per heavy atom. The molecule has 0 radical (unpaired) electrons. The first-order chi connectivity index (χ1) is 25.6. The Hall–Kier alpha value is -5.62. The number of benzene rings is 4. The number of ether oxygens (including phenoxy) is 1. The van der Waals surface area contributed by atoms with Crippen LogP contribution in [0.4, 0.5) is 14.9 Å². The first-order valence-electron chi connectivity index (χ1n) is 17.7. The van der Waals surface area contributed by atoms with E-state index in [1.54, 1.807) is 58.9 Å². The number of Topliss-reactive ketones (excluding diaryl/α,β-unsaturated/α-hetero) is 1. The summed E-state index contributed by atoms with van der Waals surface area (Å²) in [5, 5.41) is 0. The lowest BCUT2D eigenvalue weighted by Gasteiger charge is -2.23. The van der Waals surface area contributed by atoms with Gasteiger partial charge in [0.1, 0.15) is 17.3 Å². The van der Waals surface area contributed by atoms with Crippen molar-refractivity contribution in [1.82, 2.24) is 14.3 Å². The third kappa shape index (κ3) is 9.25. The number of ketones is 1. The molecular formula is C41H43FN4O6S. The fourth-order valence-electron chi connectivity index (χ4n) is 6.06. The number of nitrogens with zero attached hydrogens (tertiary/aromatic N) is 3. The Kier molecular flexibility index (Phi) is 12.9. The number of carbonyl (C=O) groups excluding carboxylic acids is 3. The quantitative estimate of drug-likeness (QED) is 0.102. The van der Waals surface area contributed by atoms with Crippen LogP contribution in [0.25, 0.3) is 11.1 Å². The molecule has 0 fully saturated rings. The predicted molar refractivity (Wildman–Crippen MR) is 202 cm³/mol. The number of hydrogen-bond acceptors (Lipinski definition) is 7. The summed E-state index contributed by atoms with van der Waals surface area (Å²) in [5.74, 6) is -0.417. The van der Waals surface area contributed by atoms with Crippen LogP contribution >= 0.6 is 0 Å². The van der Waals surface area contributed by atoms with E-state index in [1.165, 1.54) is 24.3 Å². The summed E-state index contributed by atoms with van der Waals surface area (Å²) in [7, 11) is -4.34. The van der Waals surface area contributed by atoms with E-state index >= 15 is 4.39 Å². The van der Waals surface area contributed by atoms with E-state index in [0.717, 1.165) is 6.42 Å². The number of carbonyl (C=O) groups is 3. The molecule has 12 heteroatoms. The number of halogens is 1. The summed E-state index contributed by atoms with van der Waals surface area (Å²) in [6.07, 6.45) is 1.20. The third-order valence-electron chi connectivity index (χ3n) is 8.61. The van der Waals surface area contributed by atoms with E-state index in [-0.39, 0.29) is 59.4 Å². The average Bonchev–Trinajstić information content (AvgIpc) is 3.52. The molecule has 276 valence electrons. The lowest BCUT2D eigenvalue weighted by Crippen LogP contribution is -2.33. The SMILES string of the molecule is CCCOC(=O)NS(=O)(=O)c1ccccc1-c1ccc(Cn2c(CCC)nc(CC)c2C(=O)CCN(C(=O)c2ccccc2)c2ccccc2)c(F)c1. The van der Waals surface area contributed by atoms with Crippen LogP contribution in [0.3, 0.4) is 0 Å². The molecule has 1 heterocycles. The van der Waals surface area contributed by atoms with Crippen LogP contribution in [0.1, 0.15) is 78.0 Å². The highest BCUT2D eigenvalue weighted by molar-refractivity contribution is 7.90. The molecule has 0 aliphatic rings. The largest absolute Gasteiger partial charge is 0.449 e. The van der Waals surface area contributed by atoms with Crippen LogP contribution in [-0.2, 0) is 34.1 Å². The normalized spacial score (nSPS) is 11.2. The van der Waals surface area contributed by atoms with E-state index < -0.39 is 21.9 Å². The molecule has 10 nitrogen and oxygen atoms in total. The molecule has 1 N–H and O–H groups in total. The van der Waals surface area contributed by atoms with E-state index in [9.17, 15) is 22.8 Å². The van der Waals surface area contributed by atoms with Crippen LogP contribution < -0.4 is 9.62 Å². The smallest absolute Gasteiger partial charge is 0.421 e. The van der Waals surface area contributed by atoms with Crippen LogP contribution in [0.5, 0.6) is 0 Å². The highest BCUT2D eigenvalue weighted by Gasteiger charge is 2.26. The molecule has 0 unspecified atom stereocenters. The fraction of sp³-hybridized carbons (Fsp3) is 0.268. The van der Waals surface area contributed by atoms with Crippen molar-refractivity contribution in [3.05, 3.63) is 137 Å². The minimum Gasteiger partial charge on any atom is -0.449 e. The molecule has 5 rings (SSSR count). The maximum Gasteiger partial charge on any atom is 0.421 e. The van der Waals surface area contributed by atoms with Crippen molar-refractivity contribution >= 4 is 33.5 Å². The first kappa shape index (κ1) is 38.6. The first-order valence-corrected chi connectivity index (χ1v) is 19.2. The standard InChI is InChI=1S/C41H43FN4O6S/c1-4-15-38-43-35(6-3)39(36(47)24-25-45(32-18-11-8-12-19-32)40(48)29-16-9-7-10-17-29)46(38)28-31-23-22-30(27-34(31)42)33-20-13-14-21-37(33)53(50,51)44-41(49)52-26-5-2/h7-14,16-23,27H,4-6,15,24-26,28H2,1-3H3,(H,44,49). The number of imidazole rings is 1. The molecule has 0 aliphatic heterocycles. The van der Waals surface area contributed by atoms with E-state index in [4.69, 9.17) is 9.72 Å². The Labute approximate surface area is 309 Å². The van der Waals surface area contributed by atoms with Crippen LogP contribution in [0, 0.1) is 5.82 Å². The second-order valence-corrected chi connectivity index (χ2v) is 14.0. The monoisotopic (exact) mass is 738 g/mol. The van der Waals surface area contributed by atoms with Gasteiger partial charge in [-0.2, -0.15) is 0 Å². The zero-order valence-corrected chi connectivity index (χ0v) is 30.9. The molecule has 5 aromatic rings. The second kappa shape index (κ2) is 17.7. The molecule has 0 aliphatic carbocycles. The topological polar surface area (TPSA) is 128 Å². The number of anilines is 1. The van der Waals surface area contributed by atoms with Gasteiger partial charge in [0.05, 0.1) is 23.7 Å². The van der Waals surface area contributed by atoms with Crippen molar-refractivity contribution in [2.45, 2.75) is 64.3 Å². The fourth-order valence-corrected chi connectivity index (χ4v) is 7.18. The van der Waals surface area contributed by atoms with Crippen molar-refractivity contribution in [2.75, 3.05) is 18.1 Å². The molecule has 53 heavy (non-hydrogen) atoms. The lowest BCUT2D eigenvalue weighted by atomic mass is 10.0. The van der Waals surface area contributed by atoms with Gasteiger partial charge >= 0.3 is 6.09 Å². The minimum absolute atomic E-state index is 0.00439. The van der Waals surface area contributed by atoms with E-state index in [1.807, 2.05) is 55.0 Å². The van der Waals surface area contributed by atoms with Gasteiger partial charge in [-0.05, 0) is 61.2 Å². The number of sulfonamides is 1. The summed E-state index contributed by atoms with van der Waals surface area (Å²) in [6.45, 7) is 5.87. The molecule has 1 aromatic heterocycles. The highest BCUT2D eigenvalue weighted by atomic mass is 32.2. The van der Waals surface area contributed by atoms with Crippen molar-refractivity contribution in [3.8, 4) is 11.1 Å². The van der Waals surface area contributed by atoms with E-state index in [2.05, 4.69) is 0 Å². The van der Waals surface area contributed by atoms with Gasteiger partial charge in [0.2, 0.25) is 0 Å². The van der Waals surface area contributed by atoms with Gasteiger partial charge in [0, 0.05) is 41.8 Å². The Morgan fingerprint density at radius 1 is 0.868 bits per heavy atom. The molecule has 0 saturated heterocycles. The summed E-state index contributed by atoms with van der Waals surface area (Å²) in [4.78, 5) is 46.1. The lowest BCUT2D eigenvalue weighted by molar-refractivity contribution is 0.0961. The van der Waals surface area contributed by atoms with Gasteiger partial charge in [0.25, 0.3) is 15.9 Å². The Morgan fingerprint density at radius 3 is 2.21 bits per heavy atom. The van der Waals surface area contributed by atoms with Crippen molar-refractivity contribution in [2.24, 2.45) is 0 Å². The predicted octanol–water partition coefficient (Wildman–Crippen LogP) is 8.00. The van der Waals surface area contributed by atoms with Crippen LogP contribution in [0.2, 0.25) is 0 Å². The minimum atomic E-state index is -4.34. The zero-order valence-electron chi connectivity index (χ0n) is 30.0. The zero-order chi connectivity index (χ0) is 38.0. The van der Waals surface area contributed by atoms with Crippen LogP contribution in [0.15, 0.2) is 108 Å². The van der Waals surface area contributed by atoms with Crippen molar-refractivity contribution in [1.29, 1.82) is 0 Å². The number of amides is 2. The summed E-state index contributed by atoms with van der Waals surface area (Å²) in [6, 6.07) is 28.5. The maximum absolute atomic E-state index is 16.0. The Balaban J connectivity index is 1.44. The number of nitrogens with one attached hydrogen (secondary N) is 1. The molecular weight excluding hydrogens is 696 g/mol. The summed E-state index contributed by atoms with van der Waals surface area (Å²) in [5.41, 5.74) is 2.87. The molecule has 0 spiro atoms. The van der Waals surface area contributed by atoms with Gasteiger partial charge in [-0.25, -0.2) is 27.3 Å². The van der Waals surface area contributed by atoms with Crippen molar-refractivity contribution in [3.63, 3.8) is 0 Å². The average molecular weight is 739 g/mol. The van der Waals surface area contributed by atoms with Gasteiger partial charge in [-0.1, -0.05) is 87.5 Å². The molecule has 2 amide bonds. The molecule has 0 saturated carbocycles. The number of aryl methyl sites for hydroxylation is 2. The van der Waals surface area contributed by atoms with E-state index in [0.29, 0.717) is 47.7 Å². The third-order valence-corrected chi connectivity index (χ3v) is 9.98. The van der Waals surface area contributed by atoms with Gasteiger partial charge in [0.15, 0.2) is 5.78 Å². The van der Waals surface area contributed by atoms with Gasteiger partial charge in [-0.3, -0.25) is 9.59 Å². The molecule has 0 bridgehead atoms. The second-order valence-electron chi connectivity index (χ2n) is 12.4. The maximum atomic E-state index is 16.0. The van der Waals surface area contributed by atoms with Gasteiger partial charge < -0.3 is 14.2 Å².